The van der Waals surface area contributed by atoms with Gasteiger partial charge in [0.2, 0.25) is 11.8 Å². The van der Waals surface area contributed by atoms with Crippen LogP contribution in [0.1, 0.15) is 22.3 Å². The van der Waals surface area contributed by atoms with Gasteiger partial charge in [-0.3, -0.25) is 13.9 Å². The third-order valence-corrected chi connectivity index (χ3v) is 9.09. The molecule has 0 heterocycles. The predicted octanol–water partition coefficient (Wildman–Crippen LogP) is 5.54. The number of anilines is 1. The lowest BCUT2D eigenvalue weighted by Gasteiger charge is -2.33. The number of amides is 2. The van der Waals surface area contributed by atoms with E-state index in [2.05, 4.69) is 5.32 Å². The van der Waals surface area contributed by atoms with E-state index in [0.717, 1.165) is 26.6 Å². The Morgan fingerprint density at radius 1 is 0.786 bits per heavy atom. The van der Waals surface area contributed by atoms with E-state index in [9.17, 15) is 18.0 Å². The zero-order valence-corrected chi connectivity index (χ0v) is 25.4. The van der Waals surface area contributed by atoms with Crippen molar-refractivity contribution in [2.45, 2.75) is 37.8 Å². The molecule has 7 nitrogen and oxygen atoms in total. The maximum absolute atomic E-state index is 14.3. The minimum absolute atomic E-state index is 0.0260. The molecular formula is C33H34ClN3O4S. The Kier molecular flexibility index (Phi) is 10.0. The first-order valence-electron chi connectivity index (χ1n) is 13.5. The molecule has 0 bridgehead atoms. The van der Waals surface area contributed by atoms with Crippen molar-refractivity contribution < 1.29 is 18.0 Å². The van der Waals surface area contributed by atoms with E-state index in [1.807, 2.05) is 68.4 Å². The fourth-order valence-corrected chi connectivity index (χ4v) is 6.34. The van der Waals surface area contributed by atoms with Crippen molar-refractivity contribution >= 4 is 39.1 Å². The van der Waals surface area contributed by atoms with Crippen LogP contribution in [0, 0.1) is 13.8 Å². The number of nitrogens with one attached hydrogen (secondary N) is 1. The van der Waals surface area contributed by atoms with Crippen LogP contribution in [0.3, 0.4) is 0 Å². The van der Waals surface area contributed by atoms with Gasteiger partial charge < -0.3 is 10.2 Å². The van der Waals surface area contributed by atoms with Crippen LogP contribution in [0.4, 0.5) is 5.69 Å². The number of carbonyl (C=O) groups is 2. The standard InChI is InChI=1S/C33H34ClN3O4S/c1-24-13-17-27(18-14-24)22-36(31(33(39)35-3)21-26-9-5-4-6-10-26)32(38)23-37(30-12-8-7-11-29(30)34)42(40,41)28-19-15-25(2)16-20-28/h4-20,31H,21-23H2,1-3H3,(H,35,39)/t31-/m1/s1. The molecule has 4 aromatic rings. The molecule has 1 N–H and O–H groups in total. The number of halogens is 1. The van der Waals surface area contributed by atoms with Gasteiger partial charge in [-0.25, -0.2) is 8.42 Å². The number of hydrogen-bond acceptors (Lipinski definition) is 4. The van der Waals surface area contributed by atoms with Crippen LogP contribution in [-0.4, -0.2) is 44.8 Å². The lowest BCUT2D eigenvalue weighted by Crippen LogP contribution is -2.53. The molecule has 0 unspecified atom stereocenters. The van der Waals surface area contributed by atoms with Gasteiger partial charge in [0.25, 0.3) is 10.0 Å². The smallest absolute Gasteiger partial charge is 0.264 e. The van der Waals surface area contributed by atoms with Crippen molar-refractivity contribution in [2.75, 3.05) is 17.9 Å². The Bertz CT molecular complexity index is 1630. The average Bonchev–Trinajstić information content (AvgIpc) is 2.99. The zero-order valence-electron chi connectivity index (χ0n) is 23.8. The van der Waals surface area contributed by atoms with Crippen LogP contribution in [0.2, 0.25) is 5.02 Å². The molecule has 2 amide bonds. The summed E-state index contributed by atoms with van der Waals surface area (Å²) in [4.78, 5) is 29.1. The van der Waals surface area contributed by atoms with Gasteiger partial charge in [0.05, 0.1) is 15.6 Å². The minimum Gasteiger partial charge on any atom is -0.357 e. The normalized spacial score (nSPS) is 11.9. The molecule has 9 heteroatoms. The monoisotopic (exact) mass is 603 g/mol. The highest BCUT2D eigenvalue weighted by Crippen LogP contribution is 2.31. The molecule has 0 spiro atoms. The lowest BCUT2D eigenvalue weighted by atomic mass is 10.0. The summed E-state index contributed by atoms with van der Waals surface area (Å²) in [5, 5.41) is 2.86. The van der Waals surface area contributed by atoms with Gasteiger partial charge in [-0.05, 0) is 49.2 Å². The summed E-state index contributed by atoms with van der Waals surface area (Å²) in [5.74, 6) is -0.902. The first kappa shape index (κ1) is 30.8. The van der Waals surface area contributed by atoms with E-state index in [1.165, 1.54) is 24.1 Å². The second-order valence-electron chi connectivity index (χ2n) is 10.1. The predicted molar refractivity (Wildman–Crippen MR) is 167 cm³/mol. The first-order valence-corrected chi connectivity index (χ1v) is 15.4. The molecule has 0 aromatic heterocycles. The Labute approximate surface area is 252 Å². The molecule has 218 valence electrons. The summed E-state index contributed by atoms with van der Waals surface area (Å²) >= 11 is 6.49. The van der Waals surface area contributed by atoms with Gasteiger partial charge in [-0.15, -0.1) is 0 Å². The number of aryl methyl sites for hydroxylation is 2. The molecule has 0 saturated heterocycles. The van der Waals surface area contributed by atoms with E-state index in [-0.39, 0.29) is 34.5 Å². The SMILES string of the molecule is CNC(=O)[C@@H](Cc1ccccc1)N(Cc1ccc(C)cc1)C(=O)CN(c1ccccc1Cl)S(=O)(=O)c1ccc(C)cc1. The fraction of sp³-hybridized carbons (Fsp3) is 0.212. The van der Waals surface area contributed by atoms with E-state index in [0.29, 0.717) is 0 Å². The first-order chi connectivity index (χ1) is 20.1. The summed E-state index contributed by atoms with van der Waals surface area (Å²) in [6.07, 6.45) is 0.245. The van der Waals surface area contributed by atoms with Gasteiger partial charge in [0.1, 0.15) is 12.6 Å². The molecule has 0 radical (unpaired) electrons. The molecule has 1 atom stereocenters. The van der Waals surface area contributed by atoms with E-state index in [4.69, 9.17) is 11.6 Å². The zero-order chi connectivity index (χ0) is 30.3. The van der Waals surface area contributed by atoms with Crippen LogP contribution in [-0.2, 0) is 32.6 Å². The molecule has 0 aliphatic rings. The number of hydrogen-bond donors (Lipinski definition) is 1. The number of benzene rings is 4. The summed E-state index contributed by atoms with van der Waals surface area (Å²) in [6, 6.07) is 29.1. The highest BCUT2D eigenvalue weighted by atomic mass is 35.5. The largest absolute Gasteiger partial charge is 0.357 e. The van der Waals surface area contributed by atoms with Crippen molar-refractivity contribution in [2.24, 2.45) is 0 Å². The number of carbonyl (C=O) groups excluding carboxylic acids is 2. The summed E-state index contributed by atoms with van der Waals surface area (Å²) in [6.45, 7) is 3.37. The molecule has 4 rings (SSSR count). The fourth-order valence-electron chi connectivity index (χ4n) is 4.62. The summed E-state index contributed by atoms with van der Waals surface area (Å²) in [5.41, 5.74) is 3.79. The van der Waals surface area contributed by atoms with E-state index >= 15 is 0 Å². The number of rotatable bonds is 11. The van der Waals surface area contributed by atoms with Crippen LogP contribution in [0.5, 0.6) is 0 Å². The van der Waals surface area contributed by atoms with Crippen molar-refractivity contribution in [1.29, 1.82) is 0 Å². The van der Waals surface area contributed by atoms with Gasteiger partial charge in [0, 0.05) is 20.0 Å². The molecule has 42 heavy (non-hydrogen) atoms. The van der Waals surface area contributed by atoms with Gasteiger partial charge in [-0.1, -0.05) is 102 Å². The van der Waals surface area contributed by atoms with E-state index in [1.54, 1.807) is 36.4 Å². The minimum atomic E-state index is -4.21. The molecule has 0 aliphatic heterocycles. The Morgan fingerprint density at radius 2 is 1.36 bits per heavy atom. The molecule has 0 saturated carbocycles. The topological polar surface area (TPSA) is 86.8 Å². The molecule has 0 fully saturated rings. The maximum atomic E-state index is 14.3. The van der Waals surface area contributed by atoms with E-state index < -0.39 is 28.5 Å². The number of para-hydroxylation sites is 1. The third kappa shape index (κ3) is 7.38. The Hall–Kier alpha value is -4.14. The van der Waals surface area contributed by atoms with Crippen molar-refractivity contribution in [3.05, 3.63) is 130 Å². The molecular weight excluding hydrogens is 570 g/mol. The second kappa shape index (κ2) is 13.7. The second-order valence-corrected chi connectivity index (χ2v) is 12.4. The van der Waals surface area contributed by atoms with Gasteiger partial charge in [0.15, 0.2) is 0 Å². The average molecular weight is 604 g/mol. The number of nitrogens with zero attached hydrogens (tertiary/aromatic N) is 2. The van der Waals surface area contributed by atoms with Crippen LogP contribution < -0.4 is 9.62 Å². The lowest BCUT2D eigenvalue weighted by molar-refractivity contribution is -0.139. The van der Waals surface area contributed by atoms with Crippen LogP contribution >= 0.6 is 11.6 Å². The Balaban J connectivity index is 1.79. The van der Waals surface area contributed by atoms with Crippen LogP contribution in [0.25, 0.3) is 0 Å². The Morgan fingerprint density at radius 3 is 1.95 bits per heavy atom. The van der Waals surface area contributed by atoms with Crippen molar-refractivity contribution in [3.8, 4) is 0 Å². The number of sulfonamides is 1. The quantitative estimate of drug-likeness (QED) is 0.244. The summed E-state index contributed by atoms with van der Waals surface area (Å²) < 4.78 is 29.1. The molecule has 4 aromatic carbocycles. The molecule has 0 aliphatic carbocycles. The van der Waals surface area contributed by atoms with Crippen molar-refractivity contribution in [3.63, 3.8) is 0 Å². The number of likely N-dealkylation sites (N-methyl/N-ethyl adjacent to an activating group) is 1. The maximum Gasteiger partial charge on any atom is 0.264 e. The van der Waals surface area contributed by atoms with Gasteiger partial charge in [-0.2, -0.15) is 0 Å². The highest BCUT2D eigenvalue weighted by Gasteiger charge is 2.34. The third-order valence-electron chi connectivity index (χ3n) is 7.00. The summed E-state index contributed by atoms with van der Waals surface area (Å²) in [7, 11) is -2.69. The van der Waals surface area contributed by atoms with Gasteiger partial charge >= 0.3 is 0 Å². The van der Waals surface area contributed by atoms with Crippen molar-refractivity contribution in [1.82, 2.24) is 10.2 Å². The van der Waals surface area contributed by atoms with Crippen LogP contribution in [0.15, 0.2) is 108 Å². The highest BCUT2D eigenvalue weighted by molar-refractivity contribution is 7.92.